The first kappa shape index (κ1) is 29.6. The van der Waals surface area contributed by atoms with Gasteiger partial charge in [0.25, 0.3) is 0 Å². The fraction of sp³-hybridized carbons (Fsp3) is 0.741. The summed E-state index contributed by atoms with van der Waals surface area (Å²) in [5.41, 5.74) is 2.28. The van der Waals surface area contributed by atoms with Crippen LogP contribution in [-0.2, 0) is 4.79 Å². The number of carbonyl (C=O) groups is 1. The second kappa shape index (κ2) is 14.8. The van der Waals surface area contributed by atoms with Crippen LogP contribution in [0.1, 0.15) is 77.6 Å². The Morgan fingerprint density at radius 3 is 2.42 bits per heavy atom. The molecular formula is C27H46O5Si. The number of aliphatic hydroxyl groups excluding tert-OH is 2. The lowest BCUT2D eigenvalue weighted by Gasteiger charge is -2.23. The van der Waals surface area contributed by atoms with Crippen LogP contribution in [0.15, 0.2) is 24.3 Å². The molecule has 0 saturated heterocycles. The molecule has 5 nitrogen and oxygen atoms in total. The molecule has 0 aliphatic heterocycles. The Morgan fingerprint density at radius 2 is 1.79 bits per heavy atom. The third-order valence-electron chi connectivity index (χ3n) is 6.18. The number of allylic oxidation sites excluding steroid dienone is 2. The molecule has 0 bridgehead atoms. The maximum atomic E-state index is 11.2. The van der Waals surface area contributed by atoms with Gasteiger partial charge in [-0.2, -0.15) is 0 Å². The number of unbranched alkanes of at least 4 members (excludes halogenated alkanes) is 4. The molecular weight excluding hydrogens is 432 g/mol. The molecule has 4 N–H and O–H groups in total. The molecule has 0 aromatic heterocycles. The second-order valence-electron chi connectivity index (χ2n) is 10.6. The lowest BCUT2D eigenvalue weighted by molar-refractivity contribution is -0.137. The van der Waals surface area contributed by atoms with Crippen LogP contribution in [0.4, 0.5) is 0 Å². The third-order valence-corrected chi connectivity index (χ3v) is 7.06. The first-order valence-corrected chi connectivity index (χ1v) is 16.1. The number of hydrogen-bond acceptors (Lipinski definition) is 4. The minimum absolute atomic E-state index is 0.0855. The van der Waals surface area contributed by atoms with Gasteiger partial charge in [0, 0.05) is 25.2 Å². The molecule has 0 radical (unpaired) electrons. The Labute approximate surface area is 202 Å². The first-order valence-electron chi connectivity index (χ1n) is 12.6. The van der Waals surface area contributed by atoms with E-state index in [2.05, 4.69) is 38.0 Å². The van der Waals surface area contributed by atoms with Crippen molar-refractivity contribution in [2.45, 2.75) is 115 Å². The summed E-state index contributed by atoms with van der Waals surface area (Å²) in [6.45, 7) is 8.68. The standard InChI is InChI=1S/C27H46O5Si/c1-5-6-7-12-17-27(32,19-20-33(2,3)4)18-13-15-23-22(24(28)21-25(23)29)14-10-8-9-11-16-26(30)31/h8,10,13,15,22-25,28-29,32H,5-7,9,11-12,14,16-18,21H2,1-4H3,(H,30,31)/b10-8-,15-13+/t22-,23-,24+,25-,27?/m1/s1. The van der Waals surface area contributed by atoms with E-state index in [1.807, 2.05) is 24.3 Å². The molecule has 33 heavy (non-hydrogen) atoms. The summed E-state index contributed by atoms with van der Waals surface area (Å²) >= 11 is 0. The van der Waals surface area contributed by atoms with Crippen LogP contribution in [0.2, 0.25) is 19.6 Å². The number of carboxylic acids is 1. The van der Waals surface area contributed by atoms with Gasteiger partial charge in [-0.15, -0.1) is 5.54 Å². The highest BCUT2D eigenvalue weighted by Crippen LogP contribution is 2.36. The molecule has 5 atom stereocenters. The van der Waals surface area contributed by atoms with Gasteiger partial charge in [0.05, 0.1) is 12.2 Å². The SMILES string of the molecule is CCCCCCC(O)(C#C[Si](C)(C)C)C/C=C/[C@@H]1[C@@H](C/C=C\CCCC(=O)O)[C@@H](O)C[C@H]1O. The van der Waals surface area contributed by atoms with Crippen LogP contribution < -0.4 is 0 Å². The molecule has 1 unspecified atom stereocenters. The maximum absolute atomic E-state index is 11.2. The predicted molar refractivity (Wildman–Crippen MR) is 137 cm³/mol. The molecule has 0 amide bonds. The van der Waals surface area contributed by atoms with Crippen molar-refractivity contribution in [1.29, 1.82) is 0 Å². The van der Waals surface area contributed by atoms with Crippen molar-refractivity contribution >= 4 is 14.0 Å². The molecule has 1 aliphatic rings. The average Bonchev–Trinajstić information content (AvgIpc) is 2.98. The van der Waals surface area contributed by atoms with Gasteiger partial charge in [0.1, 0.15) is 13.7 Å². The largest absolute Gasteiger partial charge is 0.481 e. The zero-order valence-electron chi connectivity index (χ0n) is 21.1. The maximum Gasteiger partial charge on any atom is 0.303 e. The van der Waals surface area contributed by atoms with Gasteiger partial charge in [0.2, 0.25) is 0 Å². The highest BCUT2D eigenvalue weighted by atomic mass is 28.3. The Hall–Kier alpha value is -1.39. The molecule has 0 aromatic carbocycles. The molecule has 1 rings (SSSR count). The van der Waals surface area contributed by atoms with E-state index in [0.717, 1.165) is 25.7 Å². The first-order chi connectivity index (χ1) is 15.5. The van der Waals surface area contributed by atoms with Crippen molar-refractivity contribution in [3.8, 4) is 11.5 Å². The van der Waals surface area contributed by atoms with Gasteiger partial charge in [-0.25, -0.2) is 0 Å². The quantitative estimate of drug-likeness (QED) is 0.121. The molecule has 0 spiro atoms. The minimum Gasteiger partial charge on any atom is -0.481 e. The van der Waals surface area contributed by atoms with E-state index in [-0.39, 0.29) is 18.3 Å². The van der Waals surface area contributed by atoms with E-state index >= 15 is 0 Å². The molecule has 0 aromatic rings. The predicted octanol–water partition coefficient (Wildman–Crippen LogP) is 5.07. The van der Waals surface area contributed by atoms with Gasteiger partial charge in [-0.05, 0) is 38.0 Å². The summed E-state index contributed by atoms with van der Waals surface area (Å²) in [5.74, 6) is 2.14. The van der Waals surface area contributed by atoms with Crippen molar-refractivity contribution in [3.05, 3.63) is 24.3 Å². The lowest BCUT2D eigenvalue weighted by atomic mass is 9.88. The summed E-state index contributed by atoms with van der Waals surface area (Å²) < 4.78 is 0. The number of aliphatic carboxylic acids is 1. The Morgan fingerprint density at radius 1 is 1.06 bits per heavy atom. The zero-order valence-corrected chi connectivity index (χ0v) is 22.1. The van der Waals surface area contributed by atoms with E-state index in [9.17, 15) is 20.1 Å². The Bertz CT molecular complexity index is 700. The van der Waals surface area contributed by atoms with Crippen LogP contribution in [-0.4, -0.2) is 52.3 Å². The second-order valence-corrected chi connectivity index (χ2v) is 15.3. The number of aliphatic hydroxyl groups is 3. The number of carboxylic acid groups (broad SMARTS) is 1. The summed E-state index contributed by atoms with van der Waals surface area (Å²) in [6, 6.07) is 0. The van der Waals surface area contributed by atoms with Crippen molar-refractivity contribution in [3.63, 3.8) is 0 Å². The van der Waals surface area contributed by atoms with Gasteiger partial charge >= 0.3 is 5.97 Å². The normalized spacial score (nSPS) is 25.3. The summed E-state index contributed by atoms with van der Waals surface area (Å²) in [4.78, 5) is 10.6. The van der Waals surface area contributed by atoms with E-state index in [1.165, 1.54) is 0 Å². The Kier molecular flexibility index (Phi) is 13.3. The van der Waals surface area contributed by atoms with Gasteiger partial charge < -0.3 is 20.4 Å². The number of rotatable bonds is 14. The smallest absolute Gasteiger partial charge is 0.303 e. The third kappa shape index (κ3) is 12.6. The highest BCUT2D eigenvalue weighted by molar-refractivity contribution is 6.83. The van der Waals surface area contributed by atoms with E-state index < -0.39 is 31.9 Å². The number of hydrogen-bond donors (Lipinski definition) is 4. The average molecular weight is 479 g/mol. The minimum atomic E-state index is -1.61. The van der Waals surface area contributed by atoms with Gasteiger partial charge in [-0.1, -0.05) is 76.1 Å². The van der Waals surface area contributed by atoms with Crippen molar-refractivity contribution in [2.75, 3.05) is 0 Å². The van der Waals surface area contributed by atoms with Crippen LogP contribution in [0.3, 0.4) is 0 Å². The fourth-order valence-electron chi connectivity index (χ4n) is 4.23. The highest BCUT2D eigenvalue weighted by Gasteiger charge is 2.39. The topological polar surface area (TPSA) is 98.0 Å². The van der Waals surface area contributed by atoms with Crippen LogP contribution in [0, 0.1) is 23.3 Å². The lowest BCUT2D eigenvalue weighted by Crippen LogP contribution is -2.28. The van der Waals surface area contributed by atoms with Crippen molar-refractivity contribution in [1.82, 2.24) is 0 Å². The monoisotopic (exact) mass is 478 g/mol. The van der Waals surface area contributed by atoms with Crippen molar-refractivity contribution < 1.29 is 25.2 Å². The summed E-state index contributed by atoms with van der Waals surface area (Å²) in [6.07, 6.45) is 14.5. The van der Waals surface area contributed by atoms with Crippen LogP contribution in [0.5, 0.6) is 0 Å². The molecule has 6 heteroatoms. The molecule has 0 heterocycles. The van der Waals surface area contributed by atoms with E-state index in [4.69, 9.17) is 5.11 Å². The fourth-order valence-corrected chi connectivity index (χ4v) is 4.84. The van der Waals surface area contributed by atoms with Gasteiger partial charge in [-0.3, -0.25) is 4.79 Å². The van der Waals surface area contributed by atoms with Crippen molar-refractivity contribution in [2.24, 2.45) is 11.8 Å². The molecule has 1 fully saturated rings. The molecule has 1 aliphatic carbocycles. The zero-order chi connectivity index (χ0) is 24.9. The summed E-state index contributed by atoms with van der Waals surface area (Å²) in [5, 5.41) is 40.9. The molecule has 188 valence electrons. The van der Waals surface area contributed by atoms with Gasteiger partial charge in [0.15, 0.2) is 0 Å². The Balaban J connectivity index is 2.77. The van der Waals surface area contributed by atoms with E-state index in [0.29, 0.717) is 38.5 Å². The summed E-state index contributed by atoms with van der Waals surface area (Å²) in [7, 11) is -1.61. The molecule has 1 saturated carbocycles. The van der Waals surface area contributed by atoms with Crippen LogP contribution >= 0.6 is 0 Å². The van der Waals surface area contributed by atoms with Crippen LogP contribution in [0.25, 0.3) is 0 Å². The van der Waals surface area contributed by atoms with E-state index in [1.54, 1.807) is 0 Å².